The number of hydrogen-bond acceptors (Lipinski definition) is 5. The van der Waals surface area contributed by atoms with Gasteiger partial charge in [-0.1, -0.05) is 41.9 Å². The fourth-order valence-corrected chi connectivity index (χ4v) is 2.22. The maximum atomic E-state index is 12.0. The van der Waals surface area contributed by atoms with Crippen LogP contribution in [0.25, 0.3) is 0 Å². The monoisotopic (exact) mass is 330 g/mol. The van der Waals surface area contributed by atoms with E-state index < -0.39 is 11.5 Å². The standard InChI is InChI=1S/C16H15ClN4O2/c1-16(23,12-5-3-2-4-6-12)9-15(22)21-20-14-8-11(10-18)7-13(17)19-14/h2-8,23H,9H2,1H3,(H,19,20)(H,21,22). The van der Waals surface area contributed by atoms with Crippen molar-refractivity contribution >= 4 is 23.3 Å². The van der Waals surface area contributed by atoms with Gasteiger partial charge < -0.3 is 5.11 Å². The first-order valence-electron chi connectivity index (χ1n) is 6.81. The molecule has 0 spiro atoms. The van der Waals surface area contributed by atoms with Gasteiger partial charge >= 0.3 is 0 Å². The summed E-state index contributed by atoms with van der Waals surface area (Å²) in [6.07, 6.45) is -0.143. The van der Waals surface area contributed by atoms with Crippen LogP contribution in [0.3, 0.4) is 0 Å². The van der Waals surface area contributed by atoms with Crippen molar-refractivity contribution in [3.63, 3.8) is 0 Å². The molecule has 0 aliphatic heterocycles. The van der Waals surface area contributed by atoms with E-state index in [9.17, 15) is 9.90 Å². The van der Waals surface area contributed by atoms with Crippen molar-refractivity contribution in [3.8, 4) is 6.07 Å². The lowest BCUT2D eigenvalue weighted by molar-refractivity contribution is -0.125. The van der Waals surface area contributed by atoms with Crippen molar-refractivity contribution in [2.45, 2.75) is 18.9 Å². The minimum Gasteiger partial charge on any atom is -0.385 e. The lowest BCUT2D eigenvalue weighted by Crippen LogP contribution is -2.36. The minimum absolute atomic E-state index is 0.136. The number of halogens is 1. The largest absolute Gasteiger partial charge is 0.385 e. The Morgan fingerprint density at radius 3 is 2.74 bits per heavy atom. The number of aliphatic hydroxyl groups is 1. The number of aromatic nitrogens is 1. The Balaban J connectivity index is 1.98. The summed E-state index contributed by atoms with van der Waals surface area (Å²) in [4.78, 5) is 15.9. The fraction of sp³-hybridized carbons (Fsp3) is 0.188. The van der Waals surface area contributed by atoms with Crippen molar-refractivity contribution in [1.82, 2.24) is 10.4 Å². The molecule has 0 saturated carbocycles. The van der Waals surface area contributed by atoms with Gasteiger partial charge in [0.2, 0.25) is 5.91 Å². The number of nitrogens with zero attached hydrogens (tertiary/aromatic N) is 2. The number of carbonyl (C=O) groups excluding carboxylic acids is 1. The van der Waals surface area contributed by atoms with Crippen molar-refractivity contribution in [3.05, 3.63) is 58.7 Å². The fourth-order valence-electron chi connectivity index (χ4n) is 2.02. The number of pyridine rings is 1. The molecule has 1 atom stereocenters. The second kappa shape index (κ2) is 7.09. The number of amides is 1. The van der Waals surface area contributed by atoms with Crippen LogP contribution >= 0.6 is 11.6 Å². The third-order valence-electron chi connectivity index (χ3n) is 3.15. The van der Waals surface area contributed by atoms with Crippen LogP contribution in [0.2, 0.25) is 5.15 Å². The molecule has 0 aliphatic rings. The lowest BCUT2D eigenvalue weighted by Gasteiger charge is -2.23. The van der Waals surface area contributed by atoms with Gasteiger partial charge in [-0.15, -0.1) is 0 Å². The molecule has 2 rings (SSSR count). The zero-order valence-electron chi connectivity index (χ0n) is 12.4. The summed E-state index contributed by atoms with van der Waals surface area (Å²) in [5.41, 5.74) is 4.66. The van der Waals surface area contributed by atoms with Crippen LogP contribution in [-0.2, 0) is 10.4 Å². The predicted octanol–water partition coefficient (Wildman–Crippen LogP) is 2.35. The smallest absolute Gasteiger partial charge is 0.241 e. The molecule has 0 saturated heterocycles. The molecule has 1 aromatic carbocycles. The first-order valence-corrected chi connectivity index (χ1v) is 7.19. The number of benzene rings is 1. The van der Waals surface area contributed by atoms with Crippen LogP contribution in [-0.4, -0.2) is 16.0 Å². The molecule has 1 aromatic heterocycles. The molecule has 1 amide bonds. The van der Waals surface area contributed by atoms with Crippen molar-refractivity contribution in [2.24, 2.45) is 0 Å². The topological polar surface area (TPSA) is 98.0 Å². The Morgan fingerprint density at radius 2 is 2.09 bits per heavy atom. The molecule has 2 aromatic rings. The molecular weight excluding hydrogens is 316 g/mol. The third kappa shape index (κ3) is 4.68. The minimum atomic E-state index is -1.30. The summed E-state index contributed by atoms with van der Waals surface area (Å²) >= 11 is 5.78. The second-order valence-electron chi connectivity index (χ2n) is 5.17. The Hall–Kier alpha value is -2.62. The predicted molar refractivity (Wildman–Crippen MR) is 86.4 cm³/mol. The maximum absolute atomic E-state index is 12.0. The molecule has 6 nitrogen and oxygen atoms in total. The first-order chi connectivity index (χ1) is 10.9. The van der Waals surface area contributed by atoms with Crippen LogP contribution in [0.5, 0.6) is 0 Å². The van der Waals surface area contributed by atoms with Gasteiger partial charge in [0.05, 0.1) is 23.7 Å². The van der Waals surface area contributed by atoms with E-state index in [0.29, 0.717) is 11.1 Å². The number of hydrazine groups is 1. The molecule has 0 radical (unpaired) electrons. The van der Waals surface area contributed by atoms with E-state index in [1.54, 1.807) is 31.2 Å². The molecular formula is C16H15ClN4O2. The van der Waals surface area contributed by atoms with E-state index in [4.69, 9.17) is 16.9 Å². The summed E-state index contributed by atoms with van der Waals surface area (Å²) in [6.45, 7) is 1.56. The van der Waals surface area contributed by atoms with Crippen molar-refractivity contribution in [1.29, 1.82) is 5.26 Å². The molecule has 0 fully saturated rings. The quantitative estimate of drug-likeness (QED) is 0.577. The Bertz CT molecular complexity index is 741. The average Bonchev–Trinajstić information content (AvgIpc) is 2.53. The summed E-state index contributed by atoms with van der Waals surface area (Å²) < 4.78 is 0. The molecule has 3 N–H and O–H groups in total. The van der Waals surface area contributed by atoms with Crippen LogP contribution in [0.15, 0.2) is 42.5 Å². The summed E-state index contributed by atoms with van der Waals surface area (Å²) in [5.74, 6) is -0.194. The van der Waals surface area contributed by atoms with Gasteiger partial charge in [-0.05, 0) is 18.6 Å². The molecule has 7 heteroatoms. The Labute approximate surface area is 138 Å². The molecule has 118 valence electrons. The normalized spacial score (nSPS) is 12.8. The zero-order valence-corrected chi connectivity index (χ0v) is 13.1. The Kier molecular flexibility index (Phi) is 5.16. The molecule has 1 unspecified atom stereocenters. The number of rotatable bonds is 5. The van der Waals surface area contributed by atoms with Crippen molar-refractivity contribution in [2.75, 3.05) is 5.43 Å². The van der Waals surface area contributed by atoms with Crippen molar-refractivity contribution < 1.29 is 9.90 Å². The third-order valence-corrected chi connectivity index (χ3v) is 3.35. The molecule has 0 aliphatic carbocycles. The number of carbonyl (C=O) groups is 1. The Morgan fingerprint density at radius 1 is 1.39 bits per heavy atom. The van der Waals surface area contributed by atoms with Gasteiger partial charge in [0.15, 0.2) is 0 Å². The van der Waals surface area contributed by atoms with E-state index in [-0.39, 0.29) is 17.4 Å². The number of nitrogens with one attached hydrogen (secondary N) is 2. The highest BCUT2D eigenvalue weighted by molar-refractivity contribution is 6.29. The van der Waals surface area contributed by atoms with Crippen LogP contribution in [0, 0.1) is 11.3 Å². The van der Waals surface area contributed by atoms with E-state index in [1.807, 2.05) is 12.1 Å². The molecule has 1 heterocycles. The summed E-state index contributed by atoms with van der Waals surface area (Å²) in [6, 6.07) is 13.7. The highest BCUT2D eigenvalue weighted by Crippen LogP contribution is 2.23. The number of nitriles is 1. The maximum Gasteiger partial charge on any atom is 0.241 e. The highest BCUT2D eigenvalue weighted by atomic mass is 35.5. The molecule has 23 heavy (non-hydrogen) atoms. The second-order valence-corrected chi connectivity index (χ2v) is 5.55. The SMILES string of the molecule is CC(O)(CC(=O)NNc1cc(C#N)cc(Cl)n1)c1ccccc1. The van der Waals surface area contributed by atoms with E-state index >= 15 is 0 Å². The van der Waals surface area contributed by atoms with Gasteiger partial charge in [-0.3, -0.25) is 15.6 Å². The van der Waals surface area contributed by atoms with E-state index in [1.165, 1.54) is 12.1 Å². The summed E-state index contributed by atoms with van der Waals surface area (Å²) in [7, 11) is 0. The lowest BCUT2D eigenvalue weighted by atomic mass is 9.92. The van der Waals surface area contributed by atoms with Gasteiger partial charge in [0, 0.05) is 6.07 Å². The van der Waals surface area contributed by atoms with E-state index in [0.717, 1.165) is 0 Å². The van der Waals surface area contributed by atoms with Gasteiger partial charge in [-0.25, -0.2) is 4.98 Å². The first kappa shape index (κ1) is 16.7. The van der Waals surface area contributed by atoms with Gasteiger partial charge in [0.1, 0.15) is 11.0 Å². The van der Waals surface area contributed by atoms with Gasteiger partial charge in [0.25, 0.3) is 0 Å². The molecule has 0 bridgehead atoms. The van der Waals surface area contributed by atoms with Crippen LogP contribution in [0.1, 0.15) is 24.5 Å². The van der Waals surface area contributed by atoms with Crippen LogP contribution in [0.4, 0.5) is 5.82 Å². The zero-order chi connectivity index (χ0) is 16.9. The highest BCUT2D eigenvalue weighted by Gasteiger charge is 2.26. The number of anilines is 1. The van der Waals surface area contributed by atoms with E-state index in [2.05, 4.69) is 15.8 Å². The summed E-state index contributed by atoms with van der Waals surface area (Å²) in [5, 5.41) is 19.4. The number of hydrogen-bond donors (Lipinski definition) is 3. The van der Waals surface area contributed by atoms with Gasteiger partial charge in [-0.2, -0.15) is 5.26 Å². The average molecular weight is 331 g/mol. The van der Waals surface area contributed by atoms with Crippen LogP contribution < -0.4 is 10.9 Å².